The fourth-order valence-corrected chi connectivity index (χ4v) is 2.88. The van der Waals surface area contributed by atoms with E-state index in [9.17, 15) is 9.59 Å². The van der Waals surface area contributed by atoms with E-state index < -0.39 is 0 Å². The van der Waals surface area contributed by atoms with Crippen LogP contribution in [0.2, 0.25) is 0 Å². The summed E-state index contributed by atoms with van der Waals surface area (Å²) >= 11 is 0. The summed E-state index contributed by atoms with van der Waals surface area (Å²) in [4.78, 5) is 26.6. The van der Waals surface area contributed by atoms with E-state index in [1.807, 2.05) is 39.0 Å². The molecule has 1 atom stereocenters. The molecule has 0 bridgehead atoms. The van der Waals surface area contributed by atoms with Gasteiger partial charge in [-0.2, -0.15) is 0 Å². The number of carbonyl (C=O) groups is 2. The Bertz CT molecular complexity index is 522. The van der Waals surface area contributed by atoms with Gasteiger partial charge in [0.15, 0.2) is 5.78 Å². The van der Waals surface area contributed by atoms with Crippen molar-refractivity contribution in [2.24, 2.45) is 0 Å². The van der Waals surface area contributed by atoms with Crippen LogP contribution >= 0.6 is 0 Å². The number of amides is 1. The van der Waals surface area contributed by atoms with Crippen molar-refractivity contribution in [2.45, 2.75) is 52.5 Å². The van der Waals surface area contributed by atoms with E-state index in [1.54, 1.807) is 4.90 Å². The molecule has 0 radical (unpaired) electrons. The standard InChI is InChI=1S/C17H23NO2/c1-4-6-16(19)18-10-5-7-15(18)17(20)14-11-12(2)8-9-13(14)3/h8-9,11,15H,4-7,10H2,1-3H3. The highest BCUT2D eigenvalue weighted by atomic mass is 16.2. The van der Waals surface area contributed by atoms with E-state index in [2.05, 4.69) is 0 Å². The third-order valence-electron chi connectivity index (χ3n) is 4.00. The first-order valence-corrected chi connectivity index (χ1v) is 7.45. The Morgan fingerprint density at radius 3 is 2.75 bits per heavy atom. The molecule has 1 amide bonds. The number of hydrogen-bond donors (Lipinski definition) is 0. The first kappa shape index (κ1) is 14.8. The van der Waals surface area contributed by atoms with Gasteiger partial charge in [-0.15, -0.1) is 0 Å². The molecule has 1 heterocycles. The van der Waals surface area contributed by atoms with Crippen LogP contribution in [0.25, 0.3) is 0 Å². The van der Waals surface area contributed by atoms with Crippen molar-refractivity contribution in [3.05, 3.63) is 34.9 Å². The number of hydrogen-bond acceptors (Lipinski definition) is 2. The lowest BCUT2D eigenvalue weighted by Gasteiger charge is -2.24. The fourth-order valence-electron chi connectivity index (χ4n) is 2.88. The third kappa shape index (κ3) is 2.92. The third-order valence-corrected chi connectivity index (χ3v) is 4.00. The van der Waals surface area contributed by atoms with Crippen LogP contribution in [0.3, 0.4) is 0 Å². The molecule has 1 aliphatic heterocycles. The number of carbonyl (C=O) groups excluding carboxylic acids is 2. The van der Waals surface area contributed by atoms with Gasteiger partial charge in [0.25, 0.3) is 0 Å². The van der Waals surface area contributed by atoms with E-state index in [1.165, 1.54) is 0 Å². The van der Waals surface area contributed by atoms with Crippen LogP contribution in [-0.4, -0.2) is 29.2 Å². The van der Waals surface area contributed by atoms with E-state index in [0.717, 1.165) is 42.5 Å². The molecule has 20 heavy (non-hydrogen) atoms. The quantitative estimate of drug-likeness (QED) is 0.789. The van der Waals surface area contributed by atoms with Gasteiger partial charge in [0.05, 0.1) is 6.04 Å². The van der Waals surface area contributed by atoms with Gasteiger partial charge < -0.3 is 4.90 Å². The van der Waals surface area contributed by atoms with Crippen molar-refractivity contribution in [3.63, 3.8) is 0 Å². The SMILES string of the molecule is CCCC(=O)N1CCCC1C(=O)c1cc(C)ccc1C. The van der Waals surface area contributed by atoms with Crippen molar-refractivity contribution >= 4 is 11.7 Å². The normalized spacial score (nSPS) is 18.4. The predicted octanol–water partition coefficient (Wildman–Crippen LogP) is 3.28. The second kappa shape index (κ2) is 6.21. The molecular weight excluding hydrogens is 250 g/mol. The number of rotatable bonds is 4. The van der Waals surface area contributed by atoms with Crippen molar-refractivity contribution in [1.82, 2.24) is 4.90 Å². The summed E-state index contributed by atoms with van der Waals surface area (Å²) in [5.41, 5.74) is 2.85. The Morgan fingerprint density at radius 2 is 2.05 bits per heavy atom. The number of nitrogens with zero attached hydrogens (tertiary/aromatic N) is 1. The zero-order valence-corrected chi connectivity index (χ0v) is 12.6. The molecule has 1 aromatic carbocycles. The molecule has 1 fully saturated rings. The Morgan fingerprint density at radius 1 is 1.30 bits per heavy atom. The van der Waals surface area contributed by atoms with Gasteiger partial charge in [0.2, 0.25) is 5.91 Å². The first-order chi connectivity index (χ1) is 9.54. The maximum Gasteiger partial charge on any atom is 0.223 e. The highest BCUT2D eigenvalue weighted by molar-refractivity contribution is 6.03. The van der Waals surface area contributed by atoms with Crippen molar-refractivity contribution in [2.75, 3.05) is 6.54 Å². The molecule has 3 heteroatoms. The number of likely N-dealkylation sites (tertiary alicyclic amines) is 1. The average molecular weight is 273 g/mol. The molecule has 0 N–H and O–H groups in total. The van der Waals surface area contributed by atoms with Crippen molar-refractivity contribution in [3.8, 4) is 0 Å². The molecule has 3 nitrogen and oxygen atoms in total. The lowest BCUT2D eigenvalue weighted by atomic mass is 9.96. The smallest absolute Gasteiger partial charge is 0.223 e. The van der Waals surface area contributed by atoms with Gasteiger partial charge in [-0.3, -0.25) is 9.59 Å². The van der Waals surface area contributed by atoms with Crippen LogP contribution < -0.4 is 0 Å². The van der Waals surface area contributed by atoms with Gasteiger partial charge in [-0.05, 0) is 44.7 Å². The molecule has 0 saturated carbocycles. The molecule has 1 unspecified atom stereocenters. The lowest BCUT2D eigenvalue weighted by Crippen LogP contribution is -2.40. The minimum atomic E-state index is -0.255. The predicted molar refractivity (Wildman–Crippen MR) is 79.9 cm³/mol. The lowest BCUT2D eigenvalue weighted by molar-refractivity contribution is -0.131. The maximum absolute atomic E-state index is 12.7. The molecule has 0 aromatic heterocycles. The Kier molecular flexibility index (Phi) is 4.58. The summed E-state index contributed by atoms with van der Waals surface area (Å²) in [7, 11) is 0. The molecule has 0 spiro atoms. The Labute approximate surface area is 121 Å². The fraction of sp³-hybridized carbons (Fsp3) is 0.529. The van der Waals surface area contributed by atoms with Crippen LogP contribution in [0, 0.1) is 13.8 Å². The number of Topliss-reactive ketones (excluding diaryl/α,β-unsaturated/α-hetero) is 1. The maximum atomic E-state index is 12.7. The number of ketones is 1. The highest BCUT2D eigenvalue weighted by Crippen LogP contribution is 2.24. The molecule has 0 aliphatic carbocycles. The summed E-state index contributed by atoms with van der Waals surface area (Å²) in [6, 6.07) is 5.68. The Balaban J connectivity index is 2.23. The minimum absolute atomic E-state index is 0.105. The molecule has 2 rings (SSSR count). The topological polar surface area (TPSA) is 37.4 Å². The highest BCUT2D eigenvalue weighted by Gasteiger charge is 2.34. The van der Waals surface area contributed by atoms with Gasteiger partial charge in [-0.25, -0.2) is 0 Å². The summed E-state index contributed by atoms with van der Waals surface area (Å²) in [6.07, 6.45) is 3.09. The minimum Gasteiger partial charge on any atom is -0.332 e. The van der Waals surface area contributed by atoms with Crippen LogP contribution in [0.15, 0.2) is 18.2 Å². The van der Waals surface area contributed by atoms with E-state index in [0.29, 0.717) is 6.42 Å². The largest absolute Gasteiger partial charge is 0.332 e. The first-order valence-electron chi connectivity index (χ1n) is 7.45. The van der Waals surface area contributed by atoms with E-state index >= 15 is 0 Å². The van der Waals surface area contributed by atoms with Crippen LogP contribution in [-0.2, 0) is 4.79 Å². The second-order valence-corrected chi connectivity index (χ2v) is 5.68. The van der Waals surface area contributed by atoms with Crippen LogP contribution in [0.4, 0.5) is 0 Å². The van der Waals surface area contributed by atoms with Crippen LogP contribution in [0.5, 0.6) is 0 Å². The van der Waals surface area contributed by atoms with Gasteiger partial charge in [-0.1, -0.05) is 24.6 Å². The molecular formula is C17H23NO2. The van der Waals surface area contributed by atoms with Gasteiger partial charge in [0.1, 0.15) is 0 Å². The van der Waals surface area contributed by atoms with Gasteiger partial charge >= 0.3 is 0 Å². The van der Waals surface area contributed by atoms with E-state index in [4.69, 9.17) is 0 Å². The zero-order valence-electron chi connectivity index (χ0n) is 12.6. The van der Waals surface area contributed by atoms with Gasteiger partial charge in [0, 0.05) is 18.5 Å². The second-order valence-electron chi connectivity index (χ2n) is 5.68. The summed E-state index contributed by atoms with van der Waals surface area (Å²) in [5.74, 6) is 0.224. The molecule has 1 aliphatic rings. The van der Waals surface area contributed by atoms with Crippen molar-refractivity contribution in [1.29, 1.82) is 0 Å². The molecule has 108 valence electrons. The Hall–Kier alpha value is -1.64. The average Bonchev–Trinajstić information content (AvgIpc) is 2.90. The summed E-state index contributed by atoms with van der Waals surface area (Å²) in [6.45, 7) is 6.67. The molecule has 1 aromatic rings. The van der Waals surface area contributed by atoms with Crippen molar-refractivity contribution < 1.29 is 9.59 Å². The van der Waals surface area contributed by atoms with E-state index in [-0.39, 0.29) is 17.7 Å². The molecule has 1 saturated heterocycles. The summed E-state index contributed by atoms with van der Waals surface area (Å²) in [5, 5.41) is 0. The van der Waals surface area contributed by atoms with Crippen LogP contribution in [0.1, 0.15) is 54.1 Å². The zero-order chi connectivity index (χ0) is 14.7. The number of aryl methyl sites for hydroxylation is 2. The number of benzene rings is 1. The summed E-state index contributed by atoms with van der Waals surface area (Å²) < 4.78 is 0. The monoisotopic (exact) mass is 273 g/mol.